The fraction of sp³-hybridized carbons (Fsp3) is 0.208. The van der Waals surface area contributed by atoms with E-state index in [0.29, 0.717) is 5.56 Å². The second kappa shape index (κ2) is 13.7. The molecule has 1 aromatic heterocycles. The van der Waals surface area contributed by atoms with E-state index in [0.717, 1.165) is 10.1 Å². The number of rotatable bonds is 9. The predicted molar refractivity (Wildman–Crippen MR) is 153 cm³/mol. The highest BCUT2D eigenvalue weighted by Crippen LogP contribution is 2.29. The van der Waals surface area contributed by atoms with Crippen molar-refractivity contribution in [3.8, 4) is 11.3 Å². The van der Waals surface area contributed by atoms with E-state index in [1.54, 1.807) is 24.3 Å². The summed E-state index contributed by atoms with van der Waals surface area (Å²) in [6, 6.07) is 10.7. The van der Waals surface area contributed by atoms with Gasteiger partial charge in [-0.15, -0.1) is 24.8 Å². The van der Waals surface area contributed by atoms with Crippen molar-refractivity contribution in [3.05, 3.63) is 74.7 Å². The first kappa shape index (κ1) is 32.2. The van der Waals surface area contributed by atoms with Crippen LogP contribution in [0.1, 0.15) is 35.3 Å². The Bertz CT molecular complexity index is 1390. The summed E-state index contributed by atoms with van der Waals surface area (Å²) in [5, 5.41) is 22.4. The van der Waals surface area contributed by atoms with Crippen molar-refractivity contribution in [2.24, 2.45) is 5.73 Å². The molecule has 0 aliphatic heterocycles. The van der Waals surface area contributed by atoms with Crippen LogP contribution in [0.5, 0.6) is 0 Å². The monoisotopic (exact) mass is 583 g/mol. The number of nitrogens with two attached hydrogens (primary N) is 2. The molecule has 11 nitrogen and oxygen atoms in total. The minimum Gasteiger partial charge on any atom is -0.478 e. The molecule has 0 spiro atoms. The van der Waals surface area contributed by atoms with Gasteiger partial charge in [-0.2, -0.15) is 0 Å². The molecule has 2 aromatic carbocycles. The third kappa shape index (κ3) is 7.85. The highest BCUT2D eigenvalue weighted by molar-refractivity contribution is 6.32. The highest BCUT2D eigenvalue weighted by Gasteiger charge is 2.21. The van der Waals surface area contributed by atoms with Crippen LogP contribution in [0.25, 0.3) is 11.3 Å². The van der Waals surface area contributed by atoms with Crippen molar-refractivity contribution in [2.45, 2.75) is 33.0 Å². The Morgan fingerprint density at radius 1 is 1.13 bits per heavy atom. The molecule has 3 aromatic rings. The molecule has 0 aliphatic rings. The number of amides is 1. The number of nitrogens with one attached hydrogen (secondary N) is 3. The Morgan fingerprint density at radius 2 is 1.76 bits per heavy atom. The van der Waals surface area contributed by atoms with Gasteiger partial charge in [-0.1, -0.05) is 35.9 Å². The number of carboxylic acids is 1. The average Bonchev–Trinajstić information content (AvgIpc) is 2.80. The zero-order valence-corrected chi connectivity index (χ0v) is 22.8. The van der Waals surface area contributed by atoms with Crippen LogP contribution in [0.15, 0.2) is 47.3 Å². The standard InChI is InChI=1S/C24H26ClN7O4.2ClH/c1-12(2)30-22-23(34)32(11-18(33)29-10-13-3-5-14(6-4-13)21(27)28)19(20(25)31-22)15-7-16(24(35)36)9-17(26)8-15;;/h3-9,12H,10-11,26H2,1-2H3,(H3,27,28)(H,29,33)(H,30,31)(H,35,36);2*1H. The number of carbonyl (C=O) groups excluding carboxylic acids is 1. The van der Waals surface area contributed by atoms with E-state index in [1.165, 1.54) is 18.2 Å². The number of nitrogen functional groups attached to an aromatic ring is 2. The lowest BCUT2D eigenvalue weighted by Gasteiger charge is -2.18. The molecule has 1 amide bonds. The van der Waals surface area contributed by atoms with Gasteiger partial charge in [0.2, 0.25) is 5.91 Å². The number of carbonyl (C=O) groups is 2. The normalized spacial score (nSPS) is 10.2. The summed E-state index contributed by atoms with van der Waals surface area (Å²) in [7, 11) is 0. The second-order valence-electron chi connectivity index (χ2n) is 8.33. The summed E-state index contributed by atoms with van der Waals surface area (Å²) in [5.74, 6) is -1.82. The lowest BCUT2D eigenvalue weighted by atomic mass is 10.1. The van der Waals surface area contributed by atoms with Gasteiger partial charge < -0.3 is 27.2 Å². The molecule has 0 fully saturated rings. The molecule has 0 atom stereocenters. The number of anilines is 2. The second-order valence-corrected chi connectivity index (χ2v) is 8.68. The van der Waals surface area contributed by atoms with Gasteiger partial charge >= 0.3 is 5.97 Å². The van der Waals surface area contributed by atoms with Crippen molar-refractivity contribution >= 4 is 65.6 Å². The van der Waals surface area contributed by atoms with Crippen molar-refractivity contribution < 1.29 is 14.7 Å². The molecule has 0 aliphatic carbocycles. The zero-order valence-electron chi connectivity index (χ0n) is 20.4. The van der Waals surface area contributed by atoms with Crippen molar-refractivity contribution in [3.63, 3.8) is 0 Å². The van der Waals surface area contributed by atoms with Crippen LogP contribution >= 0.6 is 36.4 Å². The number of nitrogens with zero attached hydrogens (tertiary/aromatic N) is 2. The molecule has 38 heavy (non-hydrogen) atoms. The molecule has 0 saturated heterocycles. The van der Waals surface area contributed by atoms with E-state index in [9.17, 15) is 19.5 Å². The van der Waals surface area contributed by atoms with Gasteiger partial charge in [-0.25, -0.2) is 9.78 Å². The largest absolute Gasteiger partial charge is 0.478 e. The number of aromatic nitrogens is 2. The SMILES string of the molecule is CC(C)Nc1nc(Cl)c(-c2cc(N)cc(C(=O)O)c2)n(CC(=O)NCc2ccc(C(=N)N)cc2)c1=O.Cl.Cl. The molecule has 8 N–H and O–H groups in total. The Morgan fingerprint density at radius 3 is 2.32 bits per heavy atom. The quantitative estimate of drug-likeness (QED) is 0.126. The van der Waals surface area contributed by atoms with E-state index in [-0.39, 0.29) is 76.7 Å². The Balaban J connectivity index is 0.00000361. The van der Waals surface area contributed by atoms with Gasteiger partial charge in [0.15, 0.2) is 11.0 Å². The first-order chi connectivity index (χ1) is 17.0. The van der Waals surface area contributed by atoms with E-state index in [4.69, 9.17) is 28.5 Å². The maximum absolute atomic E-state index is 13.3. The molecular formula is C24H28Cl3N7O4. The number of hydrogen-bond donors (Lipinski definition) is 6. The number of aromatic carboxylic acids is 1. The zero-order chi connectivity index (χ0) is 26.6. The summed E-state index contributed by atoms with van der Waals surface area (Å²) in [5.41, 5.74) is 12.4. The topological polar surface area (TPSA) is 189 Å². The smallest absolute Gasteiger partial charge is 0.335 e. The average molecular weight is 585 g/mol. The highest BCUT2D eigenvalue weighted by atomic mass is 35.5. The predicted octanol–water partition coefficient (Wildman–Crippen LogP) is 3.11. The number of benzene rings is 2. The summed E-state index contributed by atoms with van der Waals surface area (Å²) in [6.45, 7) is 3.38. The number of carboxylic acid groups (broad SMARTS) is 1. The van der Waals surface area contributed by atoms with Gasteiger partial charge in [0.05, 0.1) is 11.3 Å². The van der Waals surface area contributed by atoms with E-state index in [2.05, 4.69) is 15.6 Å². The molecular weight excluding hydrogens is 557 g/mol. The van der Waals surface area contributed by atoms with E-state index in [1.807, 2.05) is 13.8 Å². The molecule has 0 unspecified atom stereocenters. The van der Waals surface area contributed by atoms with Crippen LogP contribution in [-0.2, 0) is 17.9 Å². The van der Waals surface area contributed by atoms with Gasteiger partial charge in [-0.3, -0.25) is 19.6 Å². The van der Waals surface area contributed by atoms with Crippen LogP contribution in [0.4, 0.5) is 11.5 Å². The number of hydrogen-bond acceptors (Lipinski definition) is 7. The Labute approximate surface area is 235 Å². The molecule has 0 radical (unpaired) electrons. The van der Waals surface area contributed by atoms with E-state index >= 15 is 0 Å². The van der Waals surface area contributed by atoms with Crippen LogP contribution in [0, 0.1) is 5.41 Å². The third-order valence-corrected chi connectivity index (χ3v) is 5.34. The first-order valence-electron chi connectivity index (χ1n) is 10.9. The molecule has 0 saturated carbocycles. The van der Waals surface area contributed by atoms with Gasteiger partial charge in [-0.05, 0) is 37.6 Å². The third-order valence-electron chi connectivity index (χ3n) is 5.08. The van der Waals surface area contributed by atoms with Crippen molar-refractivity contribution in [1.29, 1.82) is 5.41 Å². The number of amidine groups is 1. The van der Waals surface area contributed by atoms with Gasteiger partial charge in [0.25, 0.3) is 5.56 Å². The fourth-order valence-electron chi connectivity index (χ4n) is 3.45. The minimum atomic E-state index is -1.21. The summed E-state index contributed by atoms with van der Waals surface area (Å²) >= 11 is 6.45. The van der Waals surface area contributed by atoms with Crippen LogP contribution in [0.2, 0.25) is 5.15 Å². The molecule has 14 heteroatoms. The van der Waals surface area contributed by atoms with Crippen LogP contribution < -0.4 is 27.7 Å². The lowest BCUT2D eigenvalue weighted by molar-refractivity contribution is -0.121. The maximum Gasteiger partial charge on any atom is 0.335 e. The molecule has 204 valence electrons. The number of halogens is 3. The van der Waals surface area contributed by atoms with Gasteiger partial charge in [0, 0.05) is 29.4 Å². The first-order valence-corrected chi connectivity index (χ1v) is 11.2. The summed E-state index contributed by atoms with van der Waals surface area (Å²) in [4.78, 5) is 41.8. The van der Waals surface area contributed by atoms with Crippen molar-refractivity contribution in [2.75, 3.05) is 11.1 Å². The Kier molecular flexibility index (Phi) is 11.6. The lowest BCUT2D eigenvalue weighted by Crippen LogP contribution is -2.35. The van der Waals surface area contributed by atoms with Crippen LogP contribution in [0.3, 0.4) is 0 Å². The van der Waals surface area contributed by atoms with Gasteiger partial charge in [0.1, 0.15) is 12.4 Å². The Hall–Kier alpha value is -3.80. The summed E-state index contributed by atoms with van der Waals surface area (Å²) in [6.07, 6.45) is 0. The maximum atomic E-state index is 13.3. The van der Waals surface area contributed by atoms with Crippen LogP contribution in [-0.4, -0.2) is 38.4 Å². The van der Waals surface area contributed by atoms with E-state index < -0.39 is 24.0 Å². The molecule has 1 heterocycles. The molecule has 0 bridgehead atoms. The summed E-state index contributed by atoms with van der Waals surface area (Å²) < 4.78 is 1.13. The minimum absolute atomic E-state index is 0. The van der Waals surface area contributed by atoms with Crippen molar-refractivity contribution in [1.82, 2.24) is 14.9 Å². The fourth-order valence-corrected chi connectivity index (χ4v) is 3.74. The molecule has 3 rings (SSSR count).